The summed E-state index contributed by atoms with van der Waals surface area (Å²) >= 11 is 0. The lowest BCUT2D eigenvalue weighted by Gasteiger charge is -2.05. The maximum absolute atomic E-state index is 8.75. The summed E-state index contributed by atoms with van der Waals surface area (Å²) in [7, 11) is 0. The van der Waals surface area contributed by atoms with Crippen LogP contribution in [0, 0.1) is 0 Å². The van der Waals surface area contributed by atoms with Crippen molar-refractivity contribution < 1.29 is 5.11 Å². The van der Waals surface area contributed by atoms with Gasteiger partial charge in [0.15, 0.2) is 0 Å². The largest absolute Gasteiger partial charge is 0.395 e. The van der Waals surface area contributed by atoms with E-state index in [0.29, 0.717) is 24.7 Å². The Kier molecular flexibility index (Phi) is 1.78. The molecule has 3 atom stereocenters. The second kappa shape index (κ2) is 2.27. The van der Waals surface area contributed by atoms with Gasteiger partial charge in [0.25, 0.3) is 0 Å². The molecule has 1 heterocycles. The molecule has 1 saturated heterocycles. The third-order valence-corrected chi connectivity index (χ3v) is 2.10. The Morgan fingerprint density at radius 1 is 1.56 bits per heavy atom. The highest BCUT2D eigenvalue weighted by molar-refractivity contribution is 5.00. The van der Waals surface area contributed by atoms with Crippen LogP contribution in [0.25, 0.3) is 0 Å². The van der Waals surface area contributed by atoms with Crippen LogP contribution in [0.2, 0.25) is 0 Å². The molecular formula is C7H15NO. The number of hydrogen-bond acceptors (Lipinski definition) is 2. The first-order chi connectivity index (χ1) is 4.18. The van der Waals surface area contributed by atoms with Crippen molar-refractivity contribution in [2.24, 2.45) is 0 Å². The van der Waals surface area contributed by atoms with Crippen molar-refractivity contribution in [3.63, 3.8) is 0 Å². The van der Waals surface area contributed by atoms with E-state index in [1.807, 2.05) is 0 Å². The van der Waals surface area contributed by atoms with Gasteiger partial charge in [0.2, 0.25) is 0 Å². The normalized spacial score (nSPS) is 41.7. The van der Waals surface area contributed by atoms with Gasteiger partial charge in [-0.25, -0.2) is 0 Å². The number of aliphatic hydroxyl groups is 1. The SMILES string of the molecule is CC(C)N1C(C)C1CO. The summed E-state index contributed by atoms with van der Waals surface area (Å²) in [5.41, 5.74) is 0. The zero-order chi connectivity index (χ0) is 7.02. The molecule has 1 aliphatic heterocycles. The molecule has 9 heavy (non-hydrogen) atoms. The molecule has 0 aromatic heterocycles. The van der Waals surface area contributed by atoms with Gasteiger partial charge in [0, 0.05) is 18.1 Å². The van der Waals surface area contributed by atoms with Crippen LogP contribution in [0.3, 0.4) is 0 Å². The third kappa shape index (κ3) is 1.10. The van der Waals surface area contributed by atoms with Crippen molar-refractivity contribution in [1.82, 2.24) is 4.90 Å². The molecule has 2 heteroatoms. The van der Waals surface area contributed by atoms with Crippen molar-refractivity contribution in [2.75, 3.05) is 6.61 Å². The topological polar surface area (TPSA) is 23.2 Å². The fraction of sp³-hybridized carbons (Fsp3) is 1.00. The summed E-state index contributed by atoms with van der Waals surface area (Å²) in [4.78, 5) is 2.31. The number of nitrogens with zero attached hydrogens (tertiary/aromatic N) is 1. The van der Waals surface area contributed by atoms with Crippen LogP contribution in [0.15, 0.2) is 0 Å². The molecule has 3 unspecified atom stereocenters. The molecule has 1 aliphatic rings. The van der Waals surface area contributed by atoms with Gasteiger partial charge in [-0.1, -0.05) is 0 Å². The van der Waals surface area contributed by atoms with Crippen molar-refractivity contribution in [3.05, 3.63) is 0 Å². The van der Waals surface area contributed by atoms with Crippen LogP contribution < -0.4 is 0 Å². The highest BCUT2D eigenvalue weighted by Gasteiger charge is 2.44. The van der Waals surface area contributed by atoms with Crippen molar-refractivity contribution in [3.8, 4) is 0 Å². The van der Waals surface area contributed by atoms with E-state index < -0.39 is 0 Å². The van der Waals surface area contributed by atoms with E-state index in [1.165, 1.54) is 0 Å². The predicted molar refractivity (Wildman–Crippen MR) is 37.3 cm³/mol. The summed E-state index contributed by atoms with van der Waals surface area (Å²) in [6.45, 7) is 6.79. The highest BCUT2D eigenvalue weighted by Crippen LogP contribution is 2.29. The summed E-state index contributed by atoms with van der Waals surface area (Å²) in [5, 5.41) is 8.75. The van der Waals surface area contributed by atoms with Gasteiger partial charge in [-0.2, -0.15) is 0 Å². The van der Waals surface area contributed by atoms with Gasteiger partial charge in [0.05, 0.1) is 6.61 Å². The van der Waals surface area contributed by atoms with Crippen molar-refractivity contribution in [1.29, 1.82) is 0 Å². The van der Waals surface area contributed by atoms with Crippen LogP contribution in [-0.2, 0) is 0 Å². The van der Waals surface area contributed by atoms with E-state index in [1.54, 1.807) is 0 Å². The van der Waals surface area contributed by atoms with Crippen LogP contribution in [0.5, 0.6) is 0 Å². The van der Waals surface area contributed by atoms with Crippen LogP contribution in [0.1, 0.15) is 20.8 Å². The average Bonchev–Trinajstić information content (AvgIpc) is 2.40. The minimum Gasteiger partial charge on any atom is -0.395 e. The Bertz CT molecular complexity index is 103. The summed E-state index contributed by atoms with van der Waals surface area (Å²) in [6, 6.07) is 1.65. The Morgan fingerprint density at radius 2 is 2.11 bits per heavy atom. The molecule has 2 nitrogen and oxygen atoms in total. The summed E-state index contributed by atoms with van der Waals surface area (Å²) in [6.07, 6.45) is 0. The quantitative estimate of drug-likeness (QED) is 0.547. The van der Waals surface area contributed by atoms with Gasteiger partial charge >= 0.3 is 0 Å². The molecule has 1 fully saturated rings. The second-order valence-electron chi connectivity index (χ2n) is 3.03. The molecule has 0 aromatic carbocycles. The van der Waals surface area contributed by atoms with Gasteiger partial charge < -0.3 is 5.11 Å². The molecular weight excluding hydrogens is 114 g/mol. The predicted octanol–water partition coefficient (Wildman–Crippen LogP) is 0.460. The molecule has 0 amide bonds. The number of rotatable bonds is 2. The molecule has 0 saturated carbocycles. The molecule has 0 radical (unpaired) electrons. The van der Waals surface area contributed by atoms with Gasteiger partial charge in [-0.05, 0) is 20.8 Å². The maximum atomic E-state index is 8.75. The lowest BCUT2D eigenvalue weighted by Crippen LogP contribution is -2.14. The number of aliphatic hydroxyl groups excluding tert-OH is 1. The first-order valence-corrected chi connectivity index (χ1v) is 3.56. The molecule has 0 aliphatic carbocycles. The van der Waals surface area contributed by atoms with Crippen LogP contribution in [-0.4, -0.2) is 34.7 Å². The van der Waals surface area contributed by atoms with E-state index in [0.717, 1.165) is 0 Å². The van der Waals surface area contributed by atoms with E-state index in [2.05, 4.69) is 25.7 Å². The minimum absolute atomic E-state index is 0.319. The van der Waals surface area contributed by atoms with Crippen molar-refractivity contribution >= 4 is 0 Å². The molecule has 0 aromatic rings. The standard InChI is InChI=1S/C7H15NO/c1-5(2)8-6(3)7(8)4-9/h5-7,9H,4H2,1-3H3. The Hall–Kier alpha value is -0.0800. The minimum atomic E-state index is 0.319. The molecule has 1 rings (SSSR count). The fourth-order valence-corrected chi connectivity index (χ4v) is 1.54. The third-order valence-electron chi connectivity index (χ3n) is 2.10. The molecule has 1 N–H and O–H groups in total. The van der Waals surface area contributed by atoms with Gasteiger partial charge in [-0.3, -0.25) is 4.90 Å². The first kappa shape index (κ1) is 7.03. The van der Waals surface area contributed by atoms with E-state index >= 15 is 0 Å². The fourth-order valence-electron chi connectivity index (χ4n) is 1.54. The van der Waals surface area contributed by atoms with Crippen molar-refractivity contribution in [2.45, 2.75) is 38.9 Å². The van der Waals surface area contributed by atoms with Crippen LogP contribution in [0.4, 0.5) is 0 Å². The smallest absolute Gasteiger partial charge is 0.0602 e. The first-order valence-electron chi connectivity index (χ1n) is 3.56. The van der Waals surface area contributed by atoms with E-state index in [9.17, 15) is 0 Å². The lowest BCUT2D eigenvalue weighted by molar-refractivity contribution is 0.262. The average molecular weight is 129 g/mol. The Labute approximate surface area is 56.5 Å². The zero-order valence-electron chi connectivity index (χ0n) is 6.33. The number of hydrogen-bond donors (Lipinski definition) is 1. The van der Waals surface area contributed by atoms with Gasteiger partial charge in [-0.15, -0.1) is 0 Å². The van der Waals surface area contributed by atoms with Gasteiger partial charge in [0.1, 0.15) is 0 Å². The second-order valence-corrected chi connectivity index (χ2v) is 3.03. The van der Waals surface area contributed by atoms with E-state index in [-0.39, 0.29) is 0 Å². The lowest BCUT2D eigenvalue weighted by atomic mass is 10.4. The Morgan fingerprint density at radius 3 is 2.22 bits per heavy atom. The van der Waals surface area contributed by atoms with Crippen LogP contribution >= 0.6 is 0 Å². The summed E-state index contributed by atoms with van der Waals surface area (Å²) in [5.74, 6) is 0. The van der Waals surface area contributed by atoms with E-state index in [4.69, 9.17) is 5.11 Å². The Balaban J connectivity index is 2.33. The molecule has 0 bridgehead atoms. The molecule has 54 valence electrons. The summed E-state index contributed by atoms with van der Waals surface area (Å²) < 4.78 is 0. The highest BCUT2D eigenvalue weighted by atomic mass is 16.3. The molecule has 0 spiro atoms. The monoisotopic (exact) mass is 129 g/mol. The maximum Gasteiger partial charge on any atom is 0.0602 e. The zero-order valence-corrected chi connectivity index (χ0v) is 6.33.